The molecule has 0 aliphatic carbocycles. The van der Waals surface area contributed by atoms with E-state index in [2.05, 4.69) is 0 Å². The van der Waals surface area contributed by atoms with Crippen LogP contribution in [0.15, 0.2) is 42.5 Å². The Morgan fingerprint density at radius 1 is 0.905 bits per heavy atom. The van der Waals surface area contributed by atoms with Gasteiger partial charge in [0.15, 0.2) is 0 Å². The Morgan fingerprint density at radius 3 is 2.10 bits per heavy atom. The molecule has 0 spiro atoms. The lowest BCUT2D eigenvalue weighted by Gasteiger charge is -2.17. The second kappa shape index (κ2) is 7.23. The summed E-state index contributed by atoms with van der Waals surface area (Å²) in [5.74, 6) is 2.29. The molecule has 0 radical (unpaired) electrons. The van der Waals surface area contributed by atoms with Gasteiger partial charge in [-0.15, -0.1) is 11.6 Å². The maximum Gasteiger partial charge on any atom is 0.127 e. The Morgan fingerprint density at radius 2 is 1.52 bits per heavy atom. The van der Waals surface area contributed by atoms with E-state index in [0.29, 0.717) is 6.42 Å². The highest BCUT2D eigenvalue weighted by Gasteiger charge is 2.19. The van der Waals surface area contributed by atoms with Crippen LogP contribution in [0.1, 0.15) is 16.5 Å². The largest absolute Gasteiger partial charge is 0.497 e. The predicted octanol–water partition coefficient (Wildman–Crippen LogP) is 4.24. The molecule has 3 nitrogen and oxygen atoms in total. The van der Waals surface area contributed by atoms with Gasteiger partial charge in [-0.05, 0) is 36.2 Å². The van der Waals surface area contributed by atoms with Gasteiger partial charge >= 0.3 is 0 Å². The van der Waals surface area contributed by atoms with E-state index in [1.807, 2.05) is 42.5 Å². The minimum absolute atomic E-state index is 0.247. The predicted molar refractivity (Wildman–Crippen MR) is 84.8 cm³/mol. The van der Waals surface area contributed by atoms with Gasteiger partial charge < -0.3 is 14.2 Å². The lowest BCUT2D eigenvalue weighted by molar-refractivity contribution is 0.384. The molecular weight excluding hydrogens is 288 g/mol. The van der Waals surface area contributed by atoms with E-state index >= 15 is 0 Å². The number of methoxy groups -OCH3 is 3. The van der Waals surface area contributed by atoms with Gasteiger partial charge in [-0.3, -0.25) is 0 Å². The number of rotatable bonds is 6. The van der Waals surface area contributed by atoms with Gasteiger partial charge in [0, 0.05) is 0 Å². The third kappa shape index (κ3) is 3.61. The summed E-state index contributed by atoms with van der Waals surface area (Å²) in [5.41, 5.74) is 1.97. The molecule has 0 aliphatic heterocycles. The molecule has 0 bridgehead atoms. The number of alkyl halides is 1. The summed E-state index contributed by atoms with van der Waals surface area (Å²) >= 11 is 6.60. The topological polar surface area (TPSA) is 27.7 Å². The molecule has 2 aromatic carbocycles. The first-order valence-corrected chi connectivity index (χ1v) is 7.11. The first-order chi connectivity index (χ1) is 10.2. The average Bonchev–Trinajstić information content (AvgIpc) is 2.53. The van der Waals surface area contributed by atoms with Gasteiger partial charge in [0.05, 0.1) is 32.3 Å². The van der Waals surface area contributed by atoms with Crippen LogP contribution in [-0.4, -0.2) is 21.3 Å². The number of hydrogen-bond donors (Lipinski definition) is 0. The maximum absolute atomic E-state index is 6.60. The van der Waals surface area contributed by atoms with Crippen molar-refractivity contribution in [3.05, 3.63) is 53.6 Å². The summed E-state index contributed by atoms with van der Waals surface area (Å²) in [7, 11) is 4.92. The SMILES string of the molecule is COc1cccc(CC(Cl)c2c(OC)cccc2OC)c1. The molecule has 0 amide bonds. The van der Waals surface area contributed by atoms with Crippen LogP contribution in [0.2, 0.25) is 0 Å². The second-order valence-electron chi connectivity index (χ2n) is 4.60. The van der Waals surface area contributed by atoms with Crippen molar-refractivity contribution in [1.29, 1.82) is 0 Å². The Balaban J connectivity index is 2.29. The monoisotopic (exact) mass is 306 g/mol. The standard InChI is InChI=1S/C17H19ClO3/c1-19-13-7-4-6-12(10-13)11-14(18)17-15(20-2)8-5-9-16(17)21-3/h4-10,14H,11H2,1-3H3. The zero-order chi connectivity index (χ0) is 15.2. The molecule has 0 fully saturated rings. The van der Waals surface area contributed by atoms with Gasteiger partial charge in [-0.1, -0.05) is 18.2 Å². The fourth-order valence-electron chi connectivity index (χ4n) is 2.30. The van der Waals surface area contributed by atoms with E-state index in [0.717, 1.165) is 28.4 Å². The summed E-state index contributed by atoms with van der Waals surface area (Å²) in [4.78, 5) is 0. The number of halogens is 1. The molecule has 112 valence electrons. The Labute approximate surface area is 130 Å². The number of hydrogen-bond acceptors (Lipinski definition) is 3. The van der Waals surface area contributed by atoms with Crippen LogP contribution in [0.5, 0.6) is 17.2 Å². The van der Waals surface area contributed by atoms with E-state index in [1.165, 1.54) is 0 Å². The van der Waals surface area contributed by atoms with Crippen molar-refractivity contribution >= 4 is 11.6 Å². The molecule has 0 heterocycles. The van der Waals surface area contributed by atoms with E-state index in [1.54, 1.807) is 21.3 Å². The highest BCUT2D eigenvalue weighted by Crippen LogP contribution is 2.39. The van der Waals surface area contributed by atoms with Crippen LogP contribution >= 0.6 is 11.6 Å². The molecule has 0 aliphatic rings. The zero-order valence-corrected chi connectivity index (χ0v) is 13.2. The van der Waals surface area contributed by atoms with Crippen molar-refractivity contribution in [1.82, 2.24) is 0 Å². The highest BCUT2D eigenvalue weighted by atomic mass is 35.5. The lowest BCUT2D eigenvalue weighted by Crippen LogP contribution is -2.02. The van der Waals surface area contributed by atoms with Crippen molar-refractivity contribution < 1.29 is 14.2 Å². The number of ether oxygens (including phenoxy) is 3. The molecule has 0 saturated carbocycles. The van der Waals surface area contributed by atoms with Crippen molar-refractivity contribution in [3.8, 4) is 17.2 Å². The highest BCUT2D eigenvalue weighted by molar-refractivity contribution is 6.21. The van der Waals surface area contributed by atoms with Crippen LogP contribution in [0.3, 0.4) is 0 Å². The molecule has 0 aromatic heterocycles. The van der Waals surface area contributed by atoms with Crippen molar-refractivity contribution in [3.63, 3.8) is 0 Å². The summed E-state index contributed by atoms with van der Waals surface area (Å²) in [6.07, 6.45) is 0.662. The fourth-order valence-corrected chi connectivity index (χ4v) is 2.69. The molecule has 2 aromatic rings. The van der Waals surface area contributed by atoms with Gasteiger partial charge in [0.25, 0.3) is 0 Å². The van der Waals surface area contributed by atoms with Gasteiger partial charge in [0.1, 0.15) is 17.2 Å². The molecule has 2 rings (SSSR count). The van der Waals surface area contributed by atoms with Crippen LogP contribution in [-0.2, 0) is 6.42 Å². The van der Waals surface area contributed by atoms with E-state index in [-0.39, 0.29) is 5.38 Å². The minimum atomic E-state index is -0.247. The summed E-state index contributed by atoms with van der Waals surface area (Å²) in [6.45, 7) is 0. The van der Waals surface area contributed by atoms with Crippen LogP contribution in [0.4, 0.5) is 0 Å². The molecule has 4 heteroatoms. The van der Waals surface area contributed by atoms with Crippen LogP contribution < -0.4 is 14.2 Å². The fraction of sp³-hybridized carbons (Fsp3) is 0.294. The second-order valence-corrected chi connectivity index (χ2v) is 5.13. The normalized spacial score (nSPS) is 11.8. The van der Waals surface area contributed by atoms with E-state index in [4.69, 9.17) is 25.8 Å². The first-order valence-electron chi connectivity index (χ1n) is 6.67. The summed E-state index contributed by atoms with van der Waals surface area (Å²) in [6, 6.07) is 13.5. The third-order valence-electron chi connectivity index (χ3n) is 3.33. The third-order valence-corrected chi connectivity index (χ3v) is 3.70. The number of benzene rings is 2. The molecular formula is C17H19ClO3. The summed E-state index contributed by atoms with van der Waals surface area (Å²) < 4.78 is 16.0. The minimum Gasteiger partial charge on any atom is -0.497 e. The first kappa shape index (κ1) is 15.5. The Hall–Kier alpha value is -1.87. The molecule has 21 heavy (non-hydrogen) atoms. The van der Waals surface area contributed by atoms with Gasteiger partial charge in [0.2, 0.25) is 0 Å². The molecule has 1 atom stereocenters. The summed E-state index contributed by atoms with van der Waals surface area (Å²) in [5, 5.41) is -0.247. The Bertz CT molecular complexity index is 576. The Kier molecular flexibility index (Phi) is 5.34. The smallest absolute Gasteiger partial charge is 0.127 e. The zero-order valence-electron chi connectivity index (χ0n) is 12.4. The van der Waals surface area contributed by atoms with Crippen molar-refractivity contribution in [2.24, 2.45) is 0 Å². The van der Waals surface area contributed by atoms with Crippen molar-refractivity contribution in [2.45, 2.75) is 11.8 Å². The average molecular weight is 307 g/mol. The van der Waals surface area contributed by atoms with Gasteiger partial charge in [-0.25, -0.2) is 0 Å². The van der Waals surface area contributed by atoms with Crippen LogP contribution in [0, 0.1) is 0 Å². The van der Waals surface area contributed by atoms with E-state index in [9.17, 15) is 0 Å². The molecule has 1 unspecified atom stereocenters. The maximum atomic E-state index is 6.60. The quantitative estimate of drug-likeness (QED) is 0.747. The van der Waals surface area contributed by atoms with E-state index < -0.39 is 0 Å². The molecule has 0 saturated heterocycles. The van der Waals surface area contributed by atoms with Crippen LogP contribution in [0.25, 0.3) is 0 Å². The molecule has 0 N–H and O–H groups in total. The lowest BCUT2D eigenvalue weighted by atomic mass is 10.0. The van der Waals surface area contributed by atoms with Crippen molar-refractivity contribution in [2.75, 3.05) is 21.3 Å². The van der Waals surface area contributed by atoms with Gasteiger partial charge in [-0.2, -0.15) is 0 Å².